The van der Waals surface area contributed by atoms with Crippen molar-refractivity contribution in [1.82, 2.24) is 29.7 Å². The van der Waals surface area contributed by atoms with E-state index in [2.05, 4.69) is 35.7 Å². The van der Waals surface area contributed by atoms with Gasteiger partial charge in [-0.3, -0.25) is 0 Å². The number of nitrogens with zero attached hydrogens (tertiary/aromatic N) is 6. The molecule has 0 saturated carbocycles. The summed E-state index contributed by atoms with van der Waals surface area (Å²) in [7, 11) is 1.73. The molecule has 114 valence electrons. The molecule has 0 bridgehead atoms. The molecule has 9 nitrogen and oxygen atoms in total. The molecule has 2 aromatic rings. The van der Waals surface area contributed by atoms with Crippen molar-refractivity contribution in [2.24, 2.45) is 0 Å². The maximum absolute atomic E-state index is 9.19. The molecule has 9 heteroatoms. The average Bonchev–Trinajstić information content (AvgIpc) is 3.01. The third-order valence-corrected chi connectivity index (χ3v) is 3.33. The van der Waals surface area contributed by atoms with Crippen LogP contribution in [0.4, 0.5) is 11.9 Å². The minimum absolute atomic E-state index is 0.0945. The first-order valence-electron chi connectivity index (χ1n) is 6.78. The van der Waals surface area contributed by atoms with Crippen LogP contribution in [-0.2, 0) is 0 Å². The standard InChI is InChI=1S/C12H20N8O/c1-4-12(2,5-6-21)19-10-16-9(13-3)17-11(18-10)20-8-14-7-15-20/h7-8,21H,4-6H2,1-3H3,(H2,13,16,17,18,19). The summed E-state index contributed by atoms with van der Waals surface area (Å²) in [6, 6.07) is 0. The number of aliphatic hydroxyl groups is 1. The first kappa shape index (κ1) is 15.1. The molecule has 2 aromatic heterocycles. The molecule has 0 spiro atoms. The fourth-order valence-electron chi connectivity index (χ4n) is 1.79. The van der Waals surface area contributed by atoms with Crippen LogP contribution in [0.3, 0.4) is 0 Å². The van der Waals surface area contributed by atoms with Crippen LogP contribution in [0.25, 0.3) is 5.95 Å². The Morgan fingerprint density at radius 1 is 1.29 bits per heavy atom. The molecule has 0 saturated heterocycles. The third-order valence-electron chi connectivity index (χ3n) is 3.33. The average molecular weight is 292 g/mol. The molecule has 0 fully saturated rings. The first-order chi connectivity index (χ1) is 10.1. The van der Waals surface area contributed by atoms with Crippen molar-refractivity contribution in [3.63, 3.8) is 0 Å². The number of hydrogen-bond acceptors (Lipinski definition) is 8. The van der Waals surface area contributed by atoms with Crippen molar-refractivity contribution in [2.45, 2.75) is 32.2 Å². The van der Waals surface area contributed by atoms with E-state index in [1.165, 1.54) is 17.3 Å². The fraction of sp³-hybridized carbons (Fsp3) is 0.583. The lowest BCUT2D eigenvalue weighted by molar-refractivity contribution is 0.251. The Bertz CT molecular complexity index is 573. The Balaban J connectivity index is 2.33. The zero-order valence-corrected chi connectivity index (χ0v) is 12.4. The largest absolute Gasteiger partial charge is 0.396 e. The second-order valence-corrected chi connectivity index (χ2v) is 4.89. The maximum atomic E-state index is 9.19. The van der Waals surface area contributed by atoms with Crippen LogP contribution >= 0.6 is 0 Å². The van der Waals surface area contributed by atoms with Gasteiger partial charge in [0.1, 0.15) is 12.7 Å². The summed E-state index contributed by atoms with van der Waals surface area (Å²) in [5, 5.41) is 19.4. The molecule has 0 aliphatic heterocycles. The molecule has 21 heavy (non-hydrogen) atoms. The molecule has 1 atom stereocenters. The van der Waals surface area contributed by atoms with E-state index in [9.17, 15) is 5.11 Å². The van der Waals surface area contributed by atoms with Crippen LogP contribution in [0.1, 0.15) is 26.7 Å². The highest BCUT2D eigenvalue weighted by Crippen LogP contribution is 2.20. The molecule has 1 unspecified atom stereocenters. The van der Waals surface area contributed by atoms with Gasteiger partial charge in [-0.15, -0.1) is 0 Å². The van der Waals surface area contributed by atoms with Crippen LogP contribution in [0, 0.1) is 0 Å². The molecule has 2 rings (SSSR count). The van der Waals surface area contributed by atoms with Crippen molar-refractivity contribution in [3.05, 3.63) is 12.7 Å². The summed E-state index contributed by atoms with van der Waals surface area (Å²) in [6.07, 6.45) is 4.36. The van der Waals surface area contributed by atoms with E-state index in [0.29, 0.717) is 24.3 Å². The highest BCUT2D eigenvalue weighted by atomic mass is 16.3. The molecule has 0 aliphatic rings. The van der Waals surface area contributed by atoms with Gasteiger partial charge in [-0.05, 0) is 19.8 Å². The number of hydrogen-bond donors (Lipinski definition) is 3. The van der Waals surface area contributed by atoms with Crippen LogP contribution in [-0.4, -0.2) is 54.0 Å². The van der Waals surface area contributed by atoms with Gasteiger partial charge in [0, 0.05) is 19.2 Å². The van der Waals surface area contributed by atoms with Gasteiger partial charge in [-0.25, -0.2) is 4.98 Å². The molecule has 0 amide bonds. The van der Waals surface area contributed by atoms with Gasteiger partial charge in [-0.1, -0.05) is 6.92 Å². The van der Waals surface area contributed by atoms with E-state index in [0.717, 1.165) is 6.42 Å². The Hall–Kier alpha value is -2.29. The quantitative estimate of drug-likeness (QED) is 0.674. The number of aromatic nitrogens is 6. The van der Waals surface area contributed by atoms with E-state index in [-0.39, 0.29) is 12.1 Å². The monoisotopic (exact) mass is 292 g/mol. The van der Waals surface area contributed by atoms with Gasteiger partial charge in [0.15, 0.2) is 0 Å². The molecule has 3 N–H and O–H groups in total. The van der Waals surface area contributed by atoms with Gasteiger partial charge < -0.3 is 15.7 Å². The predicted octanol–water partition coefficient (Wildman–Crippen LogP) is 0.457. The first-order valence-corrected chi connectivity index (χ1v) is 6.78. The van der Waals surface area contributed by atoms with E-state index in [4.69, 9.17) is 0 Å². The number of rotatable bonds is 7. The zero-order chi connectivity index (χ0) is 15.3. The second kappa shape index (κ2) is 6.44. The summed E-state index contributed by atoms with van der Waals surface area (Å²) < 4.78 is 1.46. The zero-order valence-electron chi connectivity index (χ0n) is 12.4. The van der Waals surface area contributed by atoms with Crippen LogP contribution < -0.4 is 10.6 Å². The smallest absolute Gasteiger partial charge is 0.258 e. The summed E-state index contributed by atoms with van der Waals surface area (Å²) in [5.74, 6) is 1.23. The Morgan fingerprint density at radius 3 is 2.62 bits per heavy atom. The van der Waals surface area contributed by atoms with Crippen molar-refractivity contribution >= 4 is 11.9 Å². The van der Waals surface area contributed by atoms with Crippen LogP contribution in [0.15, 0.2) is 12.7 Å². The van der Waals surface area contributed by atoms with Crippen LogP contribution in [0.5, 0.6) is 0 Å². The topological polar surface area (TPSA) is 114 Å². The van der Waals surface area contributed by atoms with E-state index < -0.39 is 0 Å². The van der Waals surface area contributed by atoms with Crippen molar-refractivity contribution in [1.29, 1.82) is 0 Å². The Labute approximate surface area is 122 Å². The van der Waals surface area contributed by atoms with Gasteiger partial charge in [0.2, 0.25) is 11.9 Å². The minimum Gasteiger partial charge on any atom is -0.396 e. The van der Waals surface area contributed by atoms with Crippen molar-refractivity contribution in [2.75, 3.05) is 24.3 Å². The molecule has 0 aromatic carbocycles. The van der Waals surface area contributed by atoms with E-state index in [1.807, 2.05) is 13.8 Å². The van der Waals surface area contributed by atoms with E-state index in [1.54, 1.807) is 7.05 Å². The Kier molecular flexibility index (Phi) is 4.63. The predicted molar refractivity (Wildman–Crippen MR) is 78.3 cm³/mol. The van der Waals surface area contributed by atoms with Crippen molar-refractivity contribution < 1.29 is 5.11 Å². The van der Waals surface area contributed by atoms with Gasteiger partial charge >= 0.3 is 0 Å². The van der Waals surface area contributed by atoms with Crippen molar-refractivity contribution in [3.8, 4) is 5.95 Å². The highest BCUT2D eigenvalue weighted by molar-refractivity contribution is 5.39. The molecular formula is C12H20N8O. The normalized spacial score (nSPS) is 13.7. The fourth-order valence-corrected chi connectivity index (χ4v) is 1.79. The summed E-state index contributed by atoms with van der Waals surface area (Å²) >= 11 is 0. The lowest BCUT2D eigenvalue weighted by Crippen LogP contribution is -2.36. The Morgan fingerprint density at radius 2 is 2.05 bits per heavy atom. The summed E-state index contributed by atoms with van der Waals surface area (Å²) in [6.45, 7) is 4.15. The number of nitrogens with one attached hydrogen (secondary N) is 2. The highest BCUT2D eigenvalue weighted by Gasteiger charge is 2.23. The van der Waals surface area contributed by atoms with Crippen LogP contribution in [0.2, 0.25) is 0 Å². The SMILES string of the molecule is CCC(C)(CCO)Nc1nc(NC)nc(-n2cncn2)n1. The van der Waals surface area contributed by atoms with Gasteiger partial charge in [-0.2, -0.15) is 24.7 Å². The third kappa shape index (κ3) is 3.63. The maximum Gasteiger partial charge on any atom is 0.258 e. The second-order valence-electron chi connectivity index (χ2n) is 4.89. The lowest BCUT2D eigenvalue weighted by atomic mass is 9.95. The summed E-state index contributed by atoms with van der Waals surface area (Å²) in [5.41, 5.74) is -0.291. The molecule has 0 radical (unpaired) electrons. The van der Waals surface area contributed by atoms with Gasteiger partial charge in [0.25, 0.3) is 5.95 Å². The number of anilines is 2. The van der Waals surface area contributed by atoms with E-state index >= 15 is 0 Å². The molecule has 2 heterocycles. The lowest BCUT2D eigenvalue weighted by Gasteiger charge is -2.29. The summed E-state index contributed by atoms with van der Waals surface area (Å²) in [4.78, 5) is 16.7. The number of aliphatic hydroxyl groups excluding tert-OH is 1. The molecular weight excluding hydrogens is 272 g/mol. The van der Waals surface area contributed by atoms with Gasteiger partial charge in [0.05, 0.1) is 0 Å². The molecule has 0 aliphatic carbocycles. The minimum atomic E-state index is -0.291.